The lowest BCUT2D eigenvalue weighted by molar-refractivity contribution is -0.216. The molecule has 3 rings (SSSR count). The molecule has 326 valence electrons. The largest absolute Gasteiger partial charge is 0.549 e. The van der Waals surface area contributed by atoms with Gasteiger partial charge in [-0.25, -0.2) is 43.7 Å². The van der Waals surface area contributed by atoms with E-state index in [0.29, 0.717) is 0 Å². The van der Waals surface area contributed by atoms with Crippen LogP contribution in [-0.4, -0.2) is 80.4 Å². The zero-order chi connectivity index (χ0) is 46.1. The van der Waals surface area contributed by atoms with E-state index in [2.05, 4.69) is 68.8 Å². The molecule has 0 aromatic heterocycles. The van der Waals surface area contributed by atoms with Crippen molar-refractivity contribution >= 4 is 76.2 Å². The third-order valence-corrected chi connectivity index (χ3v) is 19.8. The van der Waals surface area contributed by atoms with Crippen molar-refractivity contribution in [2.24, 2.45) is 5.41 Å². The van der Waals surface area contributed by atoms with Crippen LogP contribution in [0.2, 0.25) is 19.6 Å². The zero-order valence-electron chi connectivity index (χ0n) is 34.9. The highest BCUT2D eigenvalue weighted by molar-refractivity contribution is 6.99. The number of hydrogen-bond donors (Lipinski definition) is 0. The average Bonchev–Trinajstić information content (AvgIpc) is 3.31. The molecule has 15 nitrogen and oxygen atoms in total. The second kappa shape index (κ2) is 22.0. The summed E-state index contributed by atoms with van der Waals surface area (Å²) in [7, 11) is -6.45. The van der Waals surface area contributed by atoms with Crippen LogP contribution in [0.5, 0.6) is 0 Å². The van der Waals surface area contributed by atoms with Crippen LogP contribution in [0.1, 0.15) is 38.0 Å². The Balaban J connectivity index is 1.62. The van der Waals surface area contributed by atoms with Gasteiger partial charge in [0.25, 0.3) is 0 Å². The zero-order valence-corrected chi connectivity index (χ0v) is 37.9. The van der Waals surface area contributed by atoms with Gasteiger partial charge in [-0.2, -0.15) is 14.4 Å². The third kappa shape index (κ3) is 13.2. The first kappa shape index (κ1) is 49.3. The van der Waals surface area contributed by atoms with Crippen LogP contribution >= 0.6 is 0 Å². The smallest absolute Gasteiger partial charge is 0.431 e. The maximum Gasteiger partial charge on any atom is 0.549 e. The second-order valence-corrected chi connectivity index (χ2v) is 26.5. The molecule has 0 unspecified atom stereocenters. The SMILES string of the molecule is C=C[Si](C)(C=C)c1ccc(C(=O)OOC(=O)OCC(C)(COC(=O)OOC(=O)c2ccc([Si](C)(C=C)C=C)cc2)COC(=O)OOC(=O)c2ccc([Si](C)(C=C)C=C)cc2)cc1. The van der Waals surface area contributed by atoms with Crippen molar-refractivity contribution < 1.29 is 72.3 Å². The third-order valence-electron chi connectivity index (χ3n) is 9.94. The minimum absolute atomic E-state index is 0.0557. The first-order chi connectivity index (χ1) is 29.3. The van der Waals surface area contributed by atoms with E-state index in [4.69, 9.17) is 14.2 Å². The molecule has 0 radical (unpaired) electrons. The molecule has 0 bridgehead atoms. The number of hydrogen-bond acceptors (Lipinski definition) is 15. The van der Waals surface area contributed by atoms with Crippen LogP contribution in [0, 0.1) is 5.41 Å². The molecule has 0 aliphatic heterocycles. The molecule has 0 saturated carbocycles. The van der Waals surface area contributed by atoms with Gasteiger partial charge in [0.05, 0.1) is 22.1 Å². The highest BCUT2D eigenvalue weighted by Crippen LogP contribution is 2.21. The van der Waals surface area contributed by atoms with E-state index in [1.807, 2.05) is 53.8 Å². The fourth-order valence-electron chi connectivity index (χ4n) is 5.11. The summed E-state index contributed by atoms with van der Waals surface area (Å²) in [5.41, 5.74) is 9.50. The maximum atomic E-state index is 12.6. The first-order valence-electron chi connectivity index (χ1n) is 18.6. The van der Waals surface area contributed by atoms with Crippen LogP contribution in [0.4, 0.5) is 14.4 Å². The Kier molecular flexibility index (Phi) is 17.5. The standard InChI is InChI=1S/C44H48O15Si3/c1-11-60(8,12-2)35-23-17-32(18-24-35)38(45)54-57-41(48)51-29-44(7,30-52-42(49)58-55-39(46)33-19-25-36(26-20-33)61(9,13-3)14-4)31-53-43(50)59-56-40(47)34-21-27-37(28-22-34)62(10,15-5)16-6/h11-28H,1-6,29-31H2,7-10H3. The molecule has 18 heteroatoms. The molecule has 3 aromatic rings. The molecule has 0 N–H and O–H groups in total. The van der Waals surface area contributed by atoms with Crippen molar-refractivity contribution in [3.8, 4) is 0 Å². The Labute approximate surface area is 362 Å². The molecule has 3 aromatic carbocycles. The van der Waals surface area contributed by atoms with Crippen molar-refractivity contribution in [1.82, 2.24) is 0 Å². The van der Waals surface area contributed by atoms with E-state index in [1.54, 1.807) is 36.4 Å². The second-order valence-electron chi connectivity index (χ2n) is 14.6. The fraction of sp³-hybridized carbons (Fsp3) is 0.182. The highest BCUT2D eigenvalue weighted by Gasteiger charge is 2.33. The molecule has 0 heterocycles. The van der Waals surface area contributed by atoms with Gasteiger partial charge in [0.1, 0.15) is 44.0 Å². The van der Waals surface area contributed by atoms with E-state index >= 15 is 0 Å². The summed E-state index contributed by atoms with van der Waals surface area (Å²) in [6.07, 6.45) is -4.51. The molecule has 0 aliphatic carbocycles. The molecule has 0 amide bonds. The van der Waals surface area contributed by atoms with Gasteiger partial charge in [0.15, 0.2) is 0 Å². The Morgan fingerprint density at radius 1 is 0.419 bits per heavy atom. The van der Waals surface area contributed by atoms with E-state index in [-0.39, 0.29) is 16.7 Å². The minimum atomic E-state index is -2.15. The fourth-order valence-corrected chi connectivity index (χ4v) is 9.68. The Hall–Kier alpha value is -7.03. The Bertz CT molecular complexity index is 1910. The summed E-state index contributed by atoms with van der Waals surface area (Å²) in [4.78, 5) is 102. The first-order valence-corrected chi connectivity index (χ1v) is 26.6. The predicted molar refractivity (Wildman–Crippen MR) is 236 cm³/mol. The predicted octanol–water partition coefficient (Wildman–Crippen LogP) is 6.98. The van der Waals surface area contributed by atoms with Gasteiger partial charge < -0.3 is 14.2 Å². The lowest BCUT2D eigenvalue weighted by atomic mass is 9.94. The van der Waals surface area contributed by atoms with E-state index in [0.717, 1.165) is 15.6 Å². The lowest BCUT2D eigenvalue weighted by Gasteiger charge is -2.26. The summed E-state index contributed by atoms with van der Waals surface area (Å²) < 4.78 is 15.2. The molecule has 0 aliphatic rings. The van der Waals surface area contributed by atoms with Crippen molar-refractivity contribution in [2.75, 3.05) is 19.8 Å². The van der Waals surface area contributed by atoms with E-state index in [9.17, 15) is 28.8 Å². The number of carbonyl (C=O) groups is 6. The van der Waals surface area contributed by atoms with Crippen molar-refractivity contribution in [2.45, 2.75) is 26.6 Å². The minimum Gasteiger partial charge on any atom is -0.431 e. The summed E-state index contributed by atoms with van der Waals surface area (Å²) in [5, 5.41) is 2.77. The van der Waals surface area contributed by atoms with Gasteiger partial charge >= 0.3 is 36.4 Å². The summed E-state index contributed by atoms with van der Waals surface area (Å²) in [6, 6.07) is 19.1. The maximum absolute atomic E-state index is 12.6. The summed E-state index contributed by atoms with van der Waals surface area (Å²) >= 11 is 0. The van der Waals surface area contributed by atoms with Crippen LogP contribution < -0.4 is 15.6 Å². The van der Waals surface area contributed by atoms with Crippen LogP contribution in [0.15, 0.2) is 146 Å². The van der Waals surface area contributed by atoms with Crippen molar-refractivity contribution in [3.05, 3.63) is 163 Å². The van der Waals surface area contributed by atoms with E-state index < -0.39 is 85.8 Å². The molecule has 0 fully saturated rings. The number of ether oxygens (including phenoxy) is 3. The molecule has 62 heavy (non-hydrogen) atoms. The van der Waals surface area contributed by atoms with Gasteiger partial charge in [-0.05, 0) is 43.3 Å². The van der Waals surface area contributed by atoms with E-state index in [1.165, 1.54) is 43.3 Å². The van der Waals surface area contributed by atoms with Crippen molar-refractivity contribution in [3.63, 3.8) is 0 Å². The Morgan fingerprint density at radius 2 is 0.629 bits per heavy atom. The molecule has 0 spiro atoms. The molecule has 0 atom stereocenters. The lowest BCUT2D eigenvalue weighted by Crippen LogP contribution is -2.40. The Morgan fingerprint density at radius 3 is 0.823 bits per heavy atom. The van der Waals surface area contributed by atoms with Crippen molar-refractivity contribution in [1.29, 1.82) is 0 Å². The normalized spacial score (nSPS) is 11.2. The molecule has 0 saturated heterocycles. The van der Waals surface area contributed by atoms with Gasteiger partial charge in [0, 0.05) is 0 Å². The van der Waals surface area contributed by atoms with Crippen LogP contribution in [0.3, 0.4) is 0 Å². The summed E-state index contributed by atoms with van der Waals surface area (Å²) in [6.45, 7) is 28.4. The van der Waals surface area contributed by atoms with Gasteiger partial charge in [-0.1, -0.05) is 106 Å². The summed E-state index contributed by atoms with van der Waals surface area (Å²) in [5.74, 6) is -3.06. The molecular formula is C44H48O15Si3. The van der Waals surface area contributed by atoms with Crippen LogP contribution in [-0.2, 0) is 43.5 Å². The highest BCUT2D eigenvalue weighted by atomic mass is 28.3. The number of rotatable bonds is 18. The van der Waals surface area contributed by atoms with Gasteiger partial charge in [-0.3, -0.25) is 0 Å². The van der Waals surface area contributed by atoms with Gasteiger partial charge in [0.2, 0.25) is 0 Å². The molecular weight excluding hydrogens is 853 g/mol. The quantitative estimate of drug-likeness (QED) is 0.0419. The monoisotopic (exact) mass is 900 g/mol. The number of carbonyl (C=O) groups excluding carboxylic acids is 6. The van der Waals surface area contributed by atoms with Gasteiger partial charge in [-0.15, -0.1) is 39.5 Å². The van der Waals surface area contributed by atoms with Crippen LogP contribution in [0.25, 0.3) is 0 Å². The average molecular weight is 901 g/mol. The number of benzene rings is 3. The topological polar surface area (TPSA) is 185 Å².